The normalized spacial score (nSPS) is 23.6. The summed E-state index contributed by atoms with van der Waals surface area (Å²) in [6, 6.07) is 2.57. The summed E-state index contributed by atoms with van der Waals surface area (Å²) in [6.45, 7) is 6.33. The molecular weight excluding hydrogens is 224 g/mol. The topological polar surface area (TPSA) is 33.1 Å². The maximum atomic E-state index is 4.68. The largest absolute Gasteiger partial charge is 0.354 e. The van der Waals surface area contributed by atoms with E-state index < -0.39 is 0 Å². The lowest BCUT2D eigenvalue weighted by Crippen LogP contribution is -2.44. The summed E-state index contributed by atoms with van der Waals surface area (Å²) in [7, 11) is 0. The number of aryl methyl sites for hydroxylation is 1. The summed E-state index contributed by atoms with van der Waals surface area (Å²) in [5.41, 5.74) is 1.10. The number of piperazine rings is 1. The quantitative estimate of drug-likeness (QED) is 0.859. The Kier molecular flexibility index (Phi) is 3.19. The van der Waals surface area contributed by atoms with Crippen LogP contribution in [0.3, 0.4) is 0 Å². The molecule has 4 heteroatoms. The van der Waals surface area contributed by atoms with E-state index in [9.17, 15) is 0 Å². The van der Waals surface area contributed by atoms with E-state index in [-0.39, 0.29) is 0 Å². The predicted molar refractivity (Wildman–Crippen MR) is 74.0 cm³/mol. The van der Waals surface area contributed by atoms with Gasteiger partial charge < -0.3 is 10.2 Å². The minimum Gasteiger partial charge on any atom is -0.354 e. The van der Waals surface area contributed by atoms with Gasteiger partial charge in [-0.15, -0.1) is 0 Å². The zero-order valence-electron chi connectivity index (χ0n) is 10.8. The van der Waals surface area contributed by atoms with E-state index in [4.69, 9.17) is 0 Å². The minimum absolute atomic E-state index is 0.369. The molecule has 2 heterocycles. The SMILES string of the molecule is Cc1cc(N2CCNCC2)n(C2C=CC=CC2)n1. The van der Waals surface area contributed by atoms with Crippen molar-refractivity contribution in [1.29, 1.82) is 0 Å². The molecule has 18 heavy (non-hydrogen) atoms. The van der Waals surface area contributed by atoms with Crippen LogP contribution in [-0.4, -0.2) is 36.0 Å². The number of anilines is 1. The molecule has 0 saturated carbocycles. The van der Waals surface area contributed by atoms with Crippen molar-refractivity contribution >= 4 is 5.82 Å². The smallest absolute Gasteiger partial charge is 0.127 e. The summed E-state index contributed by atoms with van der Waals surface area (Å²) in [5.74, 6) is 1.26. The minimum atomic E-state index is 0.369. The molecule has 0 amide bonds. The van der Waals surface area contributed by atoms with Crippen LogP contribution >= 0.6 is 0 Å². The van der Waals surface area contributed by atoms with Crippen molar-refractivity contribution < 1.29 is 0 Å². The molecule has 1 aliphatic carbocycles. The molecule has 0 aromatic carbocycles. The molecule has 1 saturated heterocycles. The molecular formula is C14H20N4. The van der Waals surface area contributed by atoms with Crippen LogP contribution < -0.4 is 10.2 Å². The van der Waals surface area contributed by atoms with Crippen LogP contribution in [0, 0.1) is 6.92 Å². The highest BCUT2D eigenvalue weighted by molar-refractivity contribution is 5.42. The van der Waals surface area contributed by atoms with Gasteiger partial charge in [0, 0.05) is 32.2 Å². The van der Waals surface area contributed by atoms with Crippen molar-refractivity contribution in [3.63, 3.8) is 0 Å². The van der Waals surface area contributed by atoms with Crippen molar-refractivity contribution in [1.82, 2.24) is 15.1 Å². The molecule has 96 valence electrons. The summed E-state index contributed by atoms with van der Waals surface area (Å²) in [6.07, 6.45) is 9.71. The van der Waals surface area contributed by atoms with Crippen LogP contribution in [0.5, 0.6) is 0 Å². The van der Waals surface area contributed by atoms with Gasteiger partial charge in [-0.25, -0.2) is 4.68 Å². The Balaban J connectivity index is 1.88. The highest BCUT2D eigenvalue weighted by Gasteiger charge is 2.19. The monoisotopic (exact) mass is 244 g/mol. The van der Waals surface area contributed by atoms with Crippen molar-refractivity contribution in [2.24, 2.45) is 0 Å². The number of nitrogens with zero attached hydrogens (tertiary/aromatic N) is 3. The number of nitrogens with one attached hydrogen (secondary N) is 1. The molecule has 0 radical (unpaired) electrons. The summed E-state index contributed by atoms with van der Waals surface area (Å²) < 4.78 is 2.18. The van der Waals surface area contributed by atoms with E-state index in [0.29, 0.717) is 6.04 Å². The van der Waals surface area contributed by atoms with Gasteiger partial charge >= 0.3 is 0 Å². The molecule has 2 aliphatic rings. The average Bonchev–Trinajstić information content (AvgIpc) is 2.83. The van der Waals surface area contributed by atoms with Crippen LogP contribution in [0.2, 0.25) is 0 Å². The standard InChI is InChI=1S/C14H20N4/c1-12-11-14(17-9-7-15-8-10-17)18(16-12)13-5-3-2-4-6-13/h2-5,11,13,15H,6-10H2,1H3. The molecule has 1 aromatic heterocycles. The molecule has 4 nitrogen and oxygen atoms in total. The third-order valence-corrected chi connectivity index (χ3v) is 3.55. The lowest BCUT2D eigenvalue weighted by atomic mass is 10.1. The van der Waals surface area contributed by atoms with Gasteiger partial charge in [0.2, 0.25) is 0 Å². The molecule has 1 fully saturated rings. The van der Waals surface area contributed by atoms with Crippen LogP contribution in [0.1, 0.15) is 18.2 Å². The first-order valence-electron chi connectivity index (χ1n) is 6.70. The molecule has 1 atom stereocenters. The van der Waals surface area contributed by atoms with Crippen molar-refractivity contribution in [3.8, 4) is 0 Å². The average molecular weight is 244 g/mol. The fraction of sp³-hybridized carbons (Fsp3) is 0.500. The highest BCUT2D eigenvalue weighted by Crippen LogP contribution is 2.26. The lowest BCUT2D eigenvalue weighted by Gasteiger charge is -2.31. The second-order valence-corrected chi connectivity index (χ2v) is 4.94. The fourth-order valence-electron chi connectivity index (χ4n) is 2.63. The summed E-state index contributed by atoms with van der Waals surface area (Å²) >= 11 is 0. The number of hydrogen-bond donors (Lipinski definition) is 1. The van der Waals surface area contributed by atoms with Crippen molar-refractivity contribution in [2.75, 3.05) is 31.1 Å². The third kappa shape index (κ3) is 2.20. The molecule has 3 rings (SSSR count). The zero-order valence-corrected chi connectivity index (χ0v) is 10.8. The van der Waals surface area contributed by atoms with Crippen LogP contribution in [0.4, 0.5) is 5.82 Å². The number of hydrogen-bond acceptors (Lipinski definition) is 3. The van der Waals surface area contributed by atoms with E-state index in [1.54, 1.807) is 0 Å². The van der Waals surface area contributed by atoms with Crippen molar-refractivity contribution in [3.05, 3.63) is 36.1 Å². The zero-order chi connectivity index (χ0) is 12.4. The van der Waals surface area contributed by atoms with Gasteiger partial charge in [0.05, 0.1) is 11.7 Å². The van der Waals surface area contributed by atoms with Crippen LogP contribution in [0.15, 0.2) is 30.4 Å². The van der Waals surface area contributed by atoms with Gasteiger partial charge in [-0.2, -0.15) is 5.10 Å². The lowest BCUT2D eigenvalue weighted by molar-refractivity contribution is 0.512. The molecule has 0 spiro atoms. The van der Waals surface area contributed by atoms with Gasteiger partial charge in [0.25, 0.3) is 0 Å². The molecule has 1 aliphatic heterocycles. The Morgan fingerprint density at radius 3 is 2.83 bits per heavy atom. The van der Waals surface area contributed by atoms with Gasteiger partial charge in [-0.1, -0.05) is 24.3 Å². The second-order valence-electron chi connectivity index (χ2n) is 4.94. The number of aromatic nitrogens is 2. The van der Waals surface area contributed by atoms with Crippen LogP contribution in [0.25, 0.3) is 0 Å². The van der Waals surface area contributed by atoms with E-state index >= 15 is 0 Å². The molecule has 0 bridgehead atoms. The van der Waals surface area contributed by atoms with E-state index in [2.05, 4.69) is 57.3 Å². The summed E-state index contributed by atoms with van der Waals surface area (Å²) in [4.78, 5) is 2.43. The van der Waals surface area contributed by atoms with Gasteiger partial charge in [0.15, 0.2) is 0 Å². The molecule has 1 aromatic rings. The second kappa shape index (κ2) is 4.98. The first kappa shape index (κ1) is 11.5. The van der Waals surface area contributed by atoms with Gasteiger partial charge in [-0.05, 0) is 13.3 Å². The first-order chi connectivity index (χ1) is 8.84. The maximum Gasteiger partial charge on any atom is 0.127 e. The Labute approximate surface area is 108 Å². The molecule has 1 N–H and O–H groups in total. The van der Waals surface area contributed by atoms with E-state index in [0.717, 1.165) is 38.3 Å². The first-order valence-corrected chi connectivity index (χ1v) is 6.70. The Morgan fingerprint density at radius 2 is 2.11 bits per heavy atom. The third-order valence-electron chi connectivity index (χ3n) is 3.55. The van der Waals surface area contributed by atoms with Crippen LogP contribution in [-0.2, 0) is 0 Å². The Hall–Kier alpha value is -1.55. The molecule has 1 unspecified atom stereocenters. The predicted octanol–water partition coefficient (Wildman–Crippen LogP) is 1.66. The van der Waals surface area contributed by atoms with Crippen molar-refractivity contribution in [2.45, 2.75) is 19.4 Å². The summed E-state index contributed by atoms with van der Waals surface area (Å²) in [5, 5.41) is 8.07. The van der Waals surface area contributed by atoms with Gasteiger partial charge in [-0.3, -0.25) is 0 Å². The van der Waals surface area contributed by atoms with Gasteiger partial charge in [0.1, 0.15) is 5.82 Å². The highest BCUT2D eigenvalue weighted by atomic mass is 15.4. The fourth-order valence-corrected chi connectivity index (χ4v) is 2.63. The Morgan fingerprint density at radius 1 is 1.28 bits per heavy atom. The van der Waals surface area contributed by atoms with E-state index in [1.807, 2.05) is 0 Å². The van der Waals surface area contributed by atoms with E-state index in [1.165, 1.54) is 5.82 Å². The maximum absolute atomic E-state index is 4.68. The number of rotatable bonds is 2. The number of allylic oxidation sites excluding steroid dienone is 4. The Bertz CT molecular complexity index is 466.